The summed E-state index contributed by atoms with van der Waals surface area (Å²) in [4.78, 5) is 19.8. The number of hydrogen-bond donors (Lipinski definition) is 4. The van der Waals surface area contributed by atoms with Gasteiger partial charge in [-0.1, -0.05) is 32.0 Å². The molecule has 0 radical (unpaired) electrons. The Balaban J connectivity index is 0.000000626. The minimum atomic E-state index is -3.41. The molecule has 0 heterocycles. The average molecular weight is 331 g/mol. The molecule has 2 atom stereocenters. The molecule has 22 heavy (non-hydrogen) atoms. The second-order valence-corrected chi connectivity index (χ2v) is 7.68. The predicted octanol–water partition coefficient (Wildman–Crippen LogP) is 1.55. The van der Waals surface area contributed by atoms with Gasteiger partial charge in [0.25, 0.3) is 0 Å². The Hall–Kier alpha value is -1.20. The molecule has 126 valence electrons. The van der Waals surface area contributed by atoms with Crippen molar-refractivity contribution in [2.45, 2.75) is 44.9 Å². The summed E-state index contributed by atoms with van der Waals surface area (Å²) in [6.45, 7) is 5.27. The Labute approximate surface area is 131 Å². The van der Waals surface area contributed by atoms with Crippen LogP contribution in [0.25, 0.3) is 0 Å². The van der Waals surface area contributed by atoms with Crippen LogP contribution in [0.1, 0.15) is 33.6 Å². The van der Waals surface area contributed by atoms with Crippen LogP contribution in [0, 0.1) is 0 Å². The van der Waals surface area contributed by atoms with Crippen LogP contribution < -0.4 is 11.0 Å². The van der Waals surface area contributed by atoms with Crippen LogP contribution in [-0.4, -0.2) is 38.9 Å². The fourth-order valence-electron chi connectivity index (χ4n) is 1.99. The van der Waals surface area contributed by atoms with E-state index in [4.69, 9.17) is 15.9 Å². The highest BCUT2D eigenvalue weighted by molar-refractivity contribution is 7.67. The van der Waals surface area contributed by atoms with Crippen molar-refractivity contribution < 1.29 is 24.5 Å². The molecular weight excluding hydrogens is 305 g/mol. The monoisotopic (exact) mass is 331 g/mol. The average Bonchev–Trinajstić information content (AvgIpc) is 2.50. The van der Waals surface area contributed by atoms with Gasteiger partial charge in [0.2, 0.25) is 7.37 Å². The molecule has 0 bridgehead atoms. The highest BCUT2D eigenvalue weighted by atomic mass is 31.2. The summed E-state index contributed by atoms with van der Waals surface area (Å²) in [7, 11) is -3.41. The minimum absolute atomic E-state index is 0.239. The van der Waals surface area contributed by atoms with E-state index in [-0.39, 0.29) is 6.54 Å². The number of carboxylic acid groups (broad SMARTS) is 1. The maximum atomic E-state index is 12.6. The molecule has 5 N–H and O–H groups in total. The molecule has 0 aliphatic carbocycles. The number of nitrogens with two attached hydrogens (primary N) is 1. The Kier molecular flexibility index (Phi) is 8.56. The zero-order chi connectivity index (χ0) is 17.4. The third-order valence-corrected chi connectivity index (χ3v) is 6.90. The van der Waals surface area contributed by atoms with Crippen LogP contribution in [0.15, 0.2) is 30.3 Å². The molecule has 1 aromatic rings. The van der Waals surface area contributed by atoms with Crippen LogP contribution >= 0.6 is 7.37 Å². The Bertz CT molecular complexity index is 492. The van der Waals surface area contributed by atoms with E-state index in [1.807, 2.05) is 19.9 Å². The second kappa shape index (κ2) is 9.06. The lowest BCUT2D eigenvalue weighted by Gasteiger charge is -2.35. The molecule has 1 rings (SSSR count). The Morgan fingerprint density at radius 2 is 1.68 bits per heavy atom. The van der Waals surface area contributed by atoms with Crippen molar-refractivity contribution in [2.24, 2.45) is 5.73 Å². The topological polar surface area (TPSA) is 121 Å². The first-order valence-corrected chi connectivity index (χ1v) is 8.84. The fraction of sp³-hybridized carbons (Fsp3) is 0.533. The first-order valence-electron chi connectivity index (χ1n) is 7.18. The molecule has 0 spiro atoms. The molecule has 1 aromatic carbocycles. The van der Waals surface area contributed by atoms with E-state index >= 15 is 0 Å². The molecule has 0 aliphatic rings. The summed E-state index contributed by atoms with van der Waals surface area (Å²) >= 11 is 0. The maximum Gasteiger partial charge on any atom is 0.332 e. The number of aliphatic carboxylic acids is 1. The van der Waals surface area contributed by atoms with E-state index in [0.717, 1.165) is 0 Å². The molecule has 0 aromatic heterocycles. The lowest BCUT2D eigenvalue weighted by molar-refractivity contribution is -0.145. The van der Waals surface area contributed by atoms with Gasteiger partial charge in [0, 0.05) is 11.8 Å². The van der Waals surface area contributed by atoms with Crippen molar-refractivity contribution in [2.75, 3.05) is 6.54 Å². The van der Waals surface area contributed by atoms with Crippen LogP contribution in [0.2, 0.25) is 0 Å². The summed E-state index contributed by atoms with van der Waals surface area (Å²) in [5.74, 6) is -1.19. The summed E-state index contributed by atoms with van der Waals surface area (Å²) in [6.07, 6.45) is -0.00396. The quantitative estimate of drug-likeness (QED) is 0.587. The smallest absolute Gasteiger partial charge is 0.332 e. The van der Waals surface area contributed by atoms with Gasteiger partial charge in [-0.05, 0) is 31.9 Å². The molecular formula is C15H26NO5P. The number of carboxylic acids is 1. The number of aliphatic hydroxyl groups is 1. The van der Waals surface area contributed by atoms with Gasteiger partial charge < -0.3 is 20.8 Å². The number of carbonyl (C=O) groups is 1. The van der Waals surface area contributed by atoms with Crippen molar-refractivity contribution >= 4 is 18.6 Å². The van der Waals surface area contributed by atoms with Gasteiger partial charge >= 0.3 is 5.97 Å². The van der Waals surface area contributed by atoms with E-state index in [1.54, 1.807) is 24.3 Å². The molecule has 0 fully saturated rings. The minimum Gasteiger partial charge on any atom is -0.479 e. The SMILES string of the molecule is CC(O)C(=O)O.CCC(CC)(CN)P(=O)(O)c1ccccc1. The van der Waals surface area contributed by atoms with E-state index in [0.29, 0.717) is 18.1 Å². The summed E-state index contributed by atoms with van der Waals surface area (Å²) in [5.41, 5.74) is 5.72. The molecule has 2 unspecified atom stereocenters. The van der Waals surface area contributed by atoms with Crippen molar-refractivity contribution in [3.63, 3.8) is 0 Å². The van der Waals surface area contributed by atoms with E-state index in [1.165, 1.54) is 6.92 Å². The largest absolute Gasteiger partial charge is 0.479 e. The predicted molar refractivity (Wildman–Crippen MR) is 87.6 cm³/mol. The Morgan fingerprint density at radius 1 is 1.27 bits per heavy atom. The Morgan fingerprint density at radius 3 is 1.95 bits per heavy atom. The van der Waals surface area contributed by atoms with Crippen molar-refractivity contribution in [3.05, 3.63) is 30.3 Å². The third-order valence-electron chi connectivity index (χ3n) is 3.80. The van der Waals surface area contributed by atoms with Crippen molar-refractivity contribution in [1.82, 2.24) is 0 Å². The second-order valence-electron chi connectivity index (χ2n) is 5.06. The molecule has 0 aliphatic heterocycles. The van der Waals surface area contributed by atoms with Crippen molar-refractivity contribution in [3.8, 4) is 0 Å². The van der Waals surface area contributed by atoms with Crippen LogP contribution in [-0.2, 0) is 9.36 Å². The molecule has 7 heteroatoms. The summed E-state index contributed by atoms with van der Waals surface area (Å²) in [6, 6.07) is 8.81. The van der Waals surface area contributed by atoms with Crippen molar-refractivity contribution in [1.29, 1.82) is 0 Å². The number of rotatable bonds is 6. The normalized spacial score (nSPS) is 15.2. The highest BCUT2D eigenvalue weighted by Crippen LogP contribution is 2.56. The first-order chi connectivity index (χ1) is 10.2. The zero-order valence-corrected chi connectivity index (χ0v) is 14.2. The van der Waals surface area contributed by atoms with Gasteiger partial charge in [0.15, 0.2) is 0 Å². The number of benzene rings is 1. The summed E-state index contributed by atoms with van der Waals surface area (Å²) in [5, 5.41) is 15.6. The lowest BCUT2D eigenvalue weighted by Crippen LogP contribution is -2.39. The van der Waals surface area contributed by atoms with Gasteiger partial charge in [-0.25, -0.2) is 4.79 Å². The van der Waals surface area contributed by atoms with Gasteiger partial charge in [0.05, 0.1) is 5.16 Å². The van der Waals surface area contributed by atoms with Gasteiger partial charge in [0.1, 0.15) is 6.10 Å². The third kappa shape index (κ3) is 4.92. The van der Waals surface area contributed by atoms with Gasteiger partial charge in [-0.15, -0.1) is 0 Å². The lowest BCUT2D eigenvalue weighted by atomic mass is 10.0. The fourth-order valence-corrected chi connectivity index (χ4v) is 4.22. The standard InChI is InChI=1S/C12H20NO2P.C3H6O3/c1-3-12(4-2,10-13)16(14,15)11-8-6-5-7-9-11;1-2(4)3(5)6/h5-9H,3-4,10,13H2,1-2H3,(H,14,15);2,4H,1H3,(H,5,6). The maximum absolute atomic E-state index is 12.6. The molecule has 6 nitrogen and oxygen atoms in total. The molecule has 0 amide bonds. The van der Waals surface area contributed by atoms with E-state index in [2.05, 4.69) is 0 Å². The highest BCUT2D eigenvalue weighted by Gasteiger charge is 2.44. The first kappa shape index (κ1) is 20.8. The summed E-state index contributed by atoms with van der Waals surface area (Å²) < 4.78 is 12.6. The van der Waals surface area contributed by atoms with Crippen LogP contribution in [0.4, 0.5) is 0 Å². The van der Waals surface area contributed by atoms with E-state index in [9.17, 15) is 14.3 Å². The molecule has 0 saturated heterocycles. The molecule has 0 saturated carbocycles. The van der Waals surface area contributed by atoms with Gasteiger partial charge in [-0.2, -0.15) is 0 Å². The number of hydrogen-bond acceptors (Lipinski definition) is 4. The number of aliphatic hydroxyl groups excluding tert-OH is 1. The van der Waals surface area contributed by atoms with Gasteiger partial charge in [-0.3, -0.25) is 4.57 Å². The van der Waals surface area contributed by atoms with Crippen LogP contribution in [0.5, 0.6) is 0 Å². The van der Waals surface area contributed by atoms with Crippen LogP contribution in [0.3, 0.4) is 0 Å². The van der Waals surface area contributed by atoms with E-state index < -0.39 is 24.6 Å². The zero-order valence-electron chi connectivity index (χ0n) is 13.3.